The van der Waals surface area contributed by atoms with E-state index < -0.39 is 30.3 Å². The molecule has 1 aromatic carbocycles. The summed E-state index contributed by atoms with van der Waals surface area (Å²) in [6.45, 7) is 0. The Balaban J connectivity index is 2.58. The molecule has 114 valence electrons. The largest absolute Gasteiger partial charge is 0.445 e. The molecule has 12 heteroatoms. The zero-order valence-corrected chi connectivity index (χ0v) is 13.4. The highest BCUT2D eigenvalue weighted by Gasteiger charge is 2.38. The molecule has 1 heterocycles. The standard InChI is InChI=1S/C9H2Cl3F3N2O2S2/c10-3-1-5(12)6(2-4(3)11)21(18,19)8-17-16-7(20-8)9(13,14)15/h1-2H. The van der Waals surface area contributed by atoms with Gasteiger partial charge in [-0.25, -0.2) is 8.42 Å². The second kappa shape index (κ2) is 5.54. The van der Waals surface area contributed by atoms with Crippen molar-refractivity contribution in [2.75, 3.05) is 0 Å². The summed E-state index contributed by atoms with van der Waals surface area (Å²) in [4.78, 5) is -0.497. The monoisotopic (exact) mass is 396 g/mol. The van der Waals surface area contributed by atoms with Crippen LogP contribution in [0.3, 0.4) is 0 Å². The molecule has 0 unspecified atom stereocenters. The van der Waals surface area contributed by atoms with E-state index in [2.05, 4.69) is 10.2 Å². The zero-order chi connectivity index (χ0) is 16.0. The van der Waals surface area contributed by atoms with Crippen LogP contribution in [0.2, 0.25) is 15.1 Å². The van der Waals surface area contributed by atoms with Gasteiger partial charge in [0.2, 0.25) is 19.2 Å². The number of alkyl halides is 3. The van der Waals surface area contributed by atoms with Gasteiger partial charge in [0.1, 0.15) is 0 Å². The Kier molecular flexibility index (Phi) is 4.42. The zero-order valence-electron chi connectivity index (χ0n) is 9.45. The first kappa shape index (κ1) is 16.8. The fourth-order valence-corrected chi connectivity index (χ4v) is 4.47. The van der Waals surface area contributed by atoms with Crippen LogP contribution >= 0.6 is 46.1 Å². The van der Waals surface area contributed by atoms with Crippen molar-refractivity contribution in [1.82, 2.24) is 10.2 Å². The number of benzene rings is 1. The molecule has 0 bridgehead atoms. The van der Waals surface area contributed by atoms with Crippen LogP contribution in [-0.4, -0.2) is 18.6 Å². The number of hydrogen-bond donors (Lipinski definition) is 0. The number of hydrogen-bond acceptors (Lipinski definition) is 5. The van der Waals surface area contributed by atoms with Crippen molar-refractivity contribution in [2.24, 2.45) is 0 Å². The molecule has 0 saturated heterocycles. The van der Waals surface area contributed by atoms with Gasteiger partial charge in [-0.2, -0.15) is 13.2 Å². The third-order valence-corrected chi connectivity index (χ3v) is 6.42. The summed E-state index contributed by atoms with van der Waals surface area (Å²) >= 11 is 17.0. The van der Waals surface area contributed by atoms with Crippen molar-refractivity contribution in [3.63, 3.8) is 0 Å². The molecule has 0 saturated carbocycles. The van der Waals surface area contributed by atoms with Gasteiger partial charge in [0.15, 0.2) is 0 Å². The summed E-state index contributed by atoms with van der Waals surface area (Å²) in [6, 6.07) is 2.01. The molecule has 2 aromatic rings. The topological polar surface area (TPSA) is 59.9 Å². The lowest BCUT2D eigenvalue weighted by Gasteiger charge is -2.05. The lowest BCUT2D eigenvalue weighted by molar-refractivity contribution is -0.138. The molecule has 1 aromatic heterocycles. The number of aromatic nitrogens is 2. The van der Waals surface area contributed by atoms with Crippen molar-refractivity contribution < 1.29 is 21.6 Å². The maximum absolute atomic E-state index is 12.4. The molecule has 0 aliphatic carbocycles. The molecule has 0 fully saturated rings. The summed E-state index contributed by atoms with van der Waals surface area (Å²) < 4.78 is 60.9. The average molecular weight is 398 g/mol. The highest BCUT2D eigenvalue weighted by Crippen LogP contribution is 2.38. The second-order valence-corrected chi connectivity index (χ2v) is 7.86. The molecule has 0 amide bonds. The molecular formula is C9H2Cl3F3N2O2S2. The van der Waals surface area contributed by atoms with Crippen LogP contribution in [0.25, 0.3) is 0 Å². The molecular weight excluding hydrogens is 396 g/mol. The molecule has 0 aliphatic heterocycles. The molecule has 0 spiro atoms. The van der Waals surface area contributed by atoms with Gasteiger partial charge >= 0.3 is 6.18 Å². The van der Waals surface area contributed by atoms with Gasteiger partial charge in [-0.05, 0) is 12.1 Å². The van der Waals surface area contributed by atoms with E-state index in [1.165, 1.54) is 0 Å². The lowest BCUT2D eigenvalue weighted by Crippen LogP contribution is -2.03. The Morgan fingerprint density at radius 3 is 2.10 bits per heavy atom. The van der Waals surface area contributed by atoms with Gasteiger partial charge in [0.05, 0.1) is 20.0 Å². The second-order valence-electron chi connectivity index (χ2n) is 3.57. The average Bonchev–Trinajstić information content (AvgIpc) is 2.83. The first-order valence-electron chi connectivity index (χ1n) is 4.84. The Hall–Kier alpha value is -0.610. The van der Waals surface area contributed by atoms with Gasteiger partial charge < -0.3 is 0 Å². The van der Waals surface area contributed by atoms with Crippen LogP contribution in [0.1, 0.15) is 5.01 Å². The minimum atomic E-state index is -4.78. The van der Waals surface area contributed by atoms with Gasteiger partial charge in [0.25, 0.3) is 0 Å². The van der Waals surface area contributed by atoms with Gasteiger partial charge in [-0.3, -0.25) is 0 Å². The van der Waals surface area contributed by atoms with E-state index in [4.69, 9.17) is 34.8 Å². The highest BCUT2D eigenvalue weighted by atomic mass is 35.5. The molecule has 0 atom stereocenters. The Bertz CT molecular complexity index is 805. The summed E-state index contributed by atoms with van der Waals surface area (Å²) in [7, 11) is -4.38. The van der Waals surface area contributed by atoms with Crippen LogP contribution in [-0.2, 0) is 16.0 Å². The Labute approximate surface area is 135 Å². The van der Waals surface area contributed by atoms with E-state index in [1.807, 2.05) is 0 Å². The lowest BCUT2D eigenvalue weighted by atomic mass is 10.4. The normalized spacial score (nSPS) is 12.7. The maximum atomic E-state index is 12.4. The third kappa shape index (κ3) is 3.26. The smallest absolute Gasteiger partial charge is 0.216 e. The van der Waals surface area contributed by atoms with Gasteiger partial charge in [-0.15, -0.1) is 10.2 Å². The van der Waals surface area contributed by atoms with E-state index in [-0.39, 0.29) is 26.4 Å². The molecule has 21 heavy (non-hydrogen) atoms. The number of halogens is 6. The minimum absolute atomic E-state index is 0.00820. The van der Waals surface area contributed by atoms with E-state index in [9.17, 15) is 21.6 Å². The fourth-order valence-electron chi connectivity index (χ4n) is 1.24. The number of sulfone groups is 1. The summed E-state index contributed by atoms with van der Waals surface area (Å²) in [5.41, 5.74) is 0. The summed E-state index contributed by atoms with van der Waals surface area (Å²) in [5.74, 6) is 0. The van der Waals surface area contributed by atoms with E-state index in [0.29, 0.717) is 0 Å². The maximum Gasteiger partial charge on any atom is 0.445 e. The molecule has 0 aliphatic rings. The SMILES string of the molecule is O=S(=O)(c1nnc(C(F)(F)F)s1)c1cc(Cl)c(Cl)cc1Cl. The van der Waals surface area contributed by atoms with E-state index in [0.717, 1.165) is 12.1 Å². The summed E-state index contributed by atoms with van der Waals surface area (Å²) in [5, 5.41) is 4.10. The predicted molar refractivity (Wildman–Crippen MR) is 71.8 cm³/mol. The van der Waals surface area contributed by atoms with Crippen LogP contribution in [0.4, 0.5) is 13.2 Å². The first-order chi connectivity index (χ1) is 9.53. The van der Waals surface area contributed by atoms with Crippen molar-refractivity contribution in [2.45, 2.75) is 15.4 Å². The number of nitrogens with zero attached hydrogens (tertiary/aromatic N) is 2. The van der Waals surface area contributed by atoms with Crippen molar-refractivity contribution in [1.29, 1.82) is 0 Å². The third-order valence-electron chi connectivity index (χ3n) is 2.14. The summed E-state index contributed by atoms with van der Waals surface area (Å²) in [6.07, 6.45) is -4.78. The fraction of sp³-hybridized carbons (Fsp3) is 0.111. The van der Waals surface area contributed by atoms with Gasteiger partial charge in [-0.1, -0.05) is 46.1 Å². The van der Waals surface area contributed by atoms with Crippen LogP contribution < -0.4 is 0 Å². The molecule has 4 nitrogen and oxygen atoms in total. The van der Waals surface area contributed by atoms with Crippen molar-refractivity contribution in [3.05, 3.63) is 32.2 Å². The number of rotatable bonds is 2. The molecule has 2 rings (SSSR count). The van der Waals surface area contributed by atoms with E-state index >= 15 is 0 Å². The minimum Gasteiger partial charge on any atom is -0.216 e. The van der Waals surface area contributed by atoms with Gasteiger partial charge in [0, 0.05) is 0 Å². The quantitative estimate of drug-likeness (QED) is 0.707. The van der Waals surface area contributed by atoms with Crippen molar-refractivity contribution in [3.8, 4) is 0 Å². The first-order valence-corrected chi connectivity index (χ1v) is 8.27. The Morgan fingerprint density at radius 1 is 1.00 bits per heavy atom. The molecule has 0 radical (unpaired) electrons. The van der Waals surface area contributed by atoms with Crippen LogP contribution in [0, 0.1) is 0 Å². The van der Waals surface area contributed by atoms with Crippen LogP contribution in [0.5, 0.6) is 0 Å². The van der Waals surface area contributed by atoms with E-state index in [1.54, 1.807) is 0 Å². The van der Waals surface area contributed by atoms with Crippen LogP contribution in [0.15, 0.2) is 21.4 Å². The highest BCUT2D eigenvalue weighted by molar-refractivity contribution is 7.93. The Morgan fingerprint density at radius 2 is 1.57 bits per heavy atom. The van der Waals surface area contributed by atoms with Crippen molar-refractivity contribution >= 4 is 56.0 Å². The molecule has 0 N–H and O–H groups in total. The predicted octanol–water partition coefficient (Wildman–Crippen LogP) is 4.35.